The zero-order valence-corrected chi connectivity index (χ0v) is 16.8. The summed E-state index contributed by atoms with van der Waals surface area (Å²) in [7, 11) is 0. The molecule has 0 spiro atoms. The second-order valence-corrected chi connectivity index (χ2v) is 8.08. The molecule has 1 heterocycles. The molecule has 1 aromatic rings. The molecule has 0 saturated carbocycles. The fourth-order valence-electron chi connectivity index (χ4n) is 1.66. The monoisotopic (exact) mass is 440 g/mol. The van der Waals surface area contributed by atoms with E-state index in [-0.39, 0.29) is 0 Å². The Labute approximate surface area is 157 Å². The number of aromatic nitrogens is 1. The minimum Gasteiger partial charge on any atom is -0.443 e. The van der Waals surface area contributed by atoms with Crippen molar-refractivity contribution in [2.24, 2.45) is 0 Å². The van der Waals surface area contributed by atoms with Gasteiger partial charge in [-0.05, 0) is 63.5 Å². The SMILES string of the molecule is CC(C)(C)OC(=O)N(C(=O)OC(C)(C)C)c1cnc(Br)c(C(F)(F)F)c1. The molecule has 0 unspecified atom stereocenters. The summed E-state index contributed by atoms with van der Waals surface area (Å²) in [6.45, 7) is 9.33. The van der Waals surface area contributed by atoms with Crippen molar-refractivity contribution >= 4 is 33.8 Å². The maximum atomic E-state index is 13.1. The van der Waals surface area contributed by atoms with Crippen LogP contribution >= 0.6 is 15.9 Å². The Hall–Kier alpha value is -1.84. The van der Waals surface area contributed by atoms with Gasteiger partial charge in [-0.25, -0.2) is 14.6 Å². The number of imide groups is 1. The standard InChI is InChI=1S/C16H20BrF3N2O4/c1-14(2,3)25-12(23)22(13(24)26-15(4,5)6)9-7-10(16(18,19)20)11(17)21-8-9/h7-8H,1-6H3. The molecule has 2 amide bonds. The lowest BCUT2D eigenvalue weighted by Crippen LogP contribution is -2.44. The van der Waals surface area contributed by atoms with Gasteiger partial charge in [0.1, 0.15) is 15.8 Å². The van der Waals surface area contributed by atoms with Gasteiger partial charge in [0, 0.05) is 0 Å². The number of halogens is 4. The second kappa shape index (κ2) is 7.42. The fraction of sp³-hybridized carbons (Fsp3) is 0.562. The number of anilines is 1. The summed E-state index contributed by atoms with van der Waals surface area (Å²) in [6, 6.07) is 0.616. The lowest BCUT2D eigenvalue weighted by atomic mass is 10.2. The van der Waals surface area contributed by atoms with Crippen molar-refractivity contribution in [3.63, 3.8) is 0 Å². The van der Waals surface area contributed by atoms with Gasteiger partial charge in [0.05, 0.1) is 17.4 Å². The van der Waals surface area contributed by atoms with Crippen LogP contribution in [0.25, 0.3) is 0 Å². The van der Waals surface area contributed by atoms with Crippen LogP contribution in [0.15, 0.2) is 16.9 Å². The first-order valence-corrected chi connectivity index (χ1v) is 8.29. The molecule has 0 aliphatic rings. The van der Waals surface area contributed by atoms with Crippen LogP contribution in [0.3, 0.4) is 0 Å². The third-order valence-electron chi connectivity index (χ3n) is 2.54. The van der Waals surface area contributed by atoms with Gasteiger partial charge >= 0.3 is 18.4 Å². The van der Waals surface area contributed by atoms with E-state index in [1.807, 2.05) is 0 Å². The fourth-order valence-corrected chi connectivity index (χ4v) is 2.10. The minimum absolute atomic E-state index is 0.380. The molecule has 0 N–H and O–H groups in total. The molecular formula is C16H20BrF3N2O4. The molecule has 0 saturated heterocycles. The highest BCUT2D eigenvalue weighted by Gasteiger charge is 2.37. The number of amides is 2. The van der Waals surface area contributed by atoms with E-state index in [4.69, 9.17) is 9.47 Å². The molecule has 10 heteroatoms. The van der Waals surface area contributed by atoms with Crippen molar-refractivity contribution in [3.8, 4) is 0 Å². The molecule has 0 atom stereocenters. The third-order valence-corrected chi connectivity index (χ3v) is 3.17. The number of hydrogen-bond acceptors (Lipinski definition) is 5. The molecule has 0 aliphatic heterocycles. The Morgan fingerprint density at radius 2 is 1.42 bits per heavy atom. The Bertz CT molecular complexity index is 666. The van der Waals surface area contributed by atoms with Crippen LogP contribution in [-0.4, -0.2) is 28.4 Å². The molecule has 0 bridgehead atoms. The van der Waals surface area contributed by atoms with Gasteiger partial charge in [0.15, 0.2) is 0 Å². The molecule has 1 aromatic heterocycles. The minimum atomic E-state index is -4.74. The van der Waals surface area contributed by atoms with E-state index in [1.165, 1.54) is 0 Å². The van der Waals surface area contributed by atoms with Gasteiger partial charge in [0.2, 0.25) is 0 Å². The Morgan fingerprint density at radius 1 is 1.00 bits per heavy atom. The van der Waals surface area contributed by atoms with E-state index < -0.39 is 45.4 Å². The van der Waals surface area contributed by atoms with E-state index in [9.17, 15) is 22.8 Å². The summed E-state index contributed by atoms with van der Waals surface area (Å²) >= 11 is 2.71. The number of rotatable bonds is 1. The third kappa shape index (κ3) is 6.47. The molecule has 0 aromatic carbocycles. The first-order valence-electron chi connectivity index (χ1n) is 7.50. The van der Waals surface area contributed by atoms with Crippen LogP contribution in [0, 0.1) is 0 Å². The predicted molar refractivity (Wildman–Crippen MR) is 91.9 cm³/mol. The average molecular weight is 441 g/mol. The van der Waals surface area contributed by atoms with Gasteiger partial charge in [0.25, 0.3) is 0 Å². The molecule has 26 heavy (non-hydrogen) atoms. The van der Waals surface area contributed by atoms with Gasteiger partial charge in [-0.3, -0.25) is 0 Å². The molecule has 1 rings (SSSR count). The summed E-state index contributed by atoms with van der Waals surface area (Å²) in [4.78, 5) is 28.8. The van der Waals surface area contributed by atoms with Crippen molar-refractivity contribution in [2.75, 3.05) is 4.90 Å². The Kier molecular flexibility index (Phi) is 6.33. The number of ether oxygens (including phenoxy) is 2. The zero-order valence-electron chi connectivity index (χ0n) is 15.2. The van der Waals surface area contributed by atoms with Crippen molar-refractivity contribution < 1.29 is 32.2 Å². The van der Waals surface area contributed by atoms with Crippen LogP contribution in [0.1, 0.15) is 47.1 Å². The number of carbonyl (C=O) groups excluding carboxylic acids is 2. The highest BCUT2D eigenvalue weighted by Crippen LogP contribution is 2.36. The smallest absolute Gasteiger partial charge is 0.424 e. The van der Waals surface area contributed by atoms with Crippen molar-refractivity contribution in [2.45, 2.75) is 58.9 Å². The quantitative estimate of drug-likeness (QED) is 0.536. The molecular weight excluding hydrogens is 421 g/mol. The summed E-state index contributed by atoms with van der Waals surface area (Å²) in [5, 5.41) is 0. The van der Waals surface area contributed by atoms with E-state index in [1.54, 1.807) is 41.5 Å². The summed E-state index contributed by atoms with van der Waals surface area (Å²) in [5.41, 5.74) is -3.53. The molecule has 0 fully saturated rings. The number of alkyl halides is 3. The maximum absolute atomic E-state index is 13.1. The lowest BCUT2D eigenvalue weighted by molar-refractivity contribution is -0.138. The lowest BCUT2D eigenvalue weighted by Gasteiger charge is -2.28. The van der Waals surface area contributed by atoms with Crippen LogP contribution in [0.2, 0.25) is 0 Å². The Morgan fingerprint density at radius 3 is 1.77 bits per heavy atom. The first-order chi connectivity index (χ1) is 11.5. The van der Waals surface area contributed by atoms with Crippen LogP contribution < -0.4 is 4.90 Å². The maximum Gasteiger partial charge on any atom is 0.424 e. The number of nitrogens with zero attached hydrogens (tertiary/aromatic N) is 2. The van der Waals surface area contributed by atoms with Gasteiger partial charge in [-0.2, -0.15) is 18.1 Å². The van der Waals surface area contributed by atoms with Crippen molar-refractivity contribution in [3.05, 3.63) is 22.4 Å². The van der Waals surface area contributed by atoms with Crippen molar-refractivity contribution in [1.82, 2.24) is 4.98 Å². The van der Waals surface area contributed by atoms with E-state index >= 15 is 0 Å². The van der Waals surface area contributed by atoms with Crippen molar-refractivity contribution in [1.29, 1.82) is 0 Å². The summed E-state index contributed by atoms with van der Waals surface area (Å²) in [6.07, 6.45) is -6.16. The van der Waals surface area contributed by atoms with Gasteiger partial charge in [-0.15, -0.1) is 0 Å². The predicted octanol–water partition coefficient (Wildman–Crippen LogP) is 5.54. The van der Waals surface area contributed by atoms with E-state index in [2.05, 4.69) is 20.9 Å². The van der Waals surface area contributed by atoms with E-state index in [0.717, 1.165) is 6.20 Å². The van der Waals surface area contributed by atoms with Crippen LogP contribution in [0.4, 0.5) is 28.4 Å². The first kappa shape index (κ1) is 22.2. The largest absolute Gasteiger partial charge is 0.443 e. The van der Waals surface area contributed by atoms with Gasteiger partial charge < -0.3 is 9.47 Å². The highest BCUT2D eigenvalue weighted by molar-refractivity contribution is 9.10. The molecule has 0 aliphatic carbocycles. The zero-order chi connectivity index (χ0) is 20.5. The summed E-state index contributed by atoms with van der Waals surface area (Å²) < 4.78 is 49.1. The highest BCUT2D eigenvalue weighted by atomic mass is 79.9. The molecule has 146 valence electrons. The molecule has 6 nitrogen and oxygen atoms in total. The molecule has 0 radical (unpaired) electrons. The number of carbonyl (C=O) groups is 2. The average Bonchev–Trinajstić information content (AvgIpc) is 2.35. The normalized spacial score (nSPS) is 12.5. The van der Waals surface area contributed by atoms with E-state index in [0.29, 0.717) is 11.0 Å². The van der Waals surface area contributed by atoms with Gasteiger partial charge in [-0.1, -0.05) is 0 Å². The summed E-state index contributed by atoms with van der Waals surface area (Å²) in [5.74, 6) is 0. The van der Waals surface area contributed by atoms with Crippen LogP contribution in [0.5, 0.6) is 0 Å². The van der Waals surface area contributed by atoms with Crippen LogP contribution in [-0.2, 0) is 15.7 Å². The Balaban J connectivity index is 3.41. The number of hydrogen-bond donors (Lipinski definition) is 0. The number of pyridine rings is 1. The topological polar surface area (TPSA) is 68.7 Å². The second-order valence-electron chi connectivity index (χ2n) is 7.33.